The van der Waals surface area contributed by atoms with E-state index in [0.717, 1.165) is 45.3 Å². The molecule has 3 atom stereocenters. The summed E-state index contributed by atoms with van der Waals surface area (Å²) in [4.78, 5) is 16.6. The third-order valence-corrected chi connectivity index (χ3v) is 5.62. The first kappa shape index (κ1) is 16.7. The molecule has 3 unspecified atom stereocenters. The molecule has 0 spiro atoms. The fourth-order valence-corrected chi connectivity index (χ4v) is 4.17. The van der Waals surface area contributed by atoms with Crippen LogP contribution in [0.4, 0.5) is 0 Å². The third-order valence-electron chi connectivity index (χ3n) is 5.62. The van der Waals surface area contributed by atoms with Gasteiger partial charge in [0.05, 0.1) is 5.54 Å². The molecule has 1 aliphatic carbocycles. The van der Waals surface area contributed by atoms with Gasteiger partial charge in [-0.15, -0.1) is 0 Å². The Balaban J connectivity index is 1.78. The van der Waals surface area contributed by atoms with Crippen molar-refractivity contribution < 1.29 is 4.79 Å². The molecule has 1 saturated carbocycles. The maximum atomic E-state index is 11.6. The lowest BCUT2D eigenvalue weighted by Gasteiger charge is -2.31. The SMILES string of the molecule is CCN1CCCC1CN(C)CCC1CCCC1(N)C(N)=O. The van der Waals surface area contributed by atoms with E-state index in [2.05, 4.69) is 23.8 Å². The zero-order valence-electron chi connectivity index (χ0n) is 13.7. The molecule has 122 valence electrons. The van der Waals surface area contributed by atoms with Gasteiger partial charge in [-0.25, -0.2) is 0 Å². The molecular weight excluding hydrogens is 264 g/mol. The molecule has 0 bridgehead atoms. The molecule has 4 N–H and O–H groups in total. The van der Waals surface area contributed by atoms with Gasteiger partial charge >= 0.3 is 0 Å². The van der Waals surface area contributed by atoms with Gasteiger partial charge in [-0.3, -0.25) is 9.69 Å². The van der Waals surface area contributed by atoms with Crippen LogP contribution in [-0.4, -0.2) is 60.5 Å². The van der Waals surface area contributed by atoms with E-state index in [1.165, 1.54) is 19.4 Å². The van der Waals surface area contributed by atoms with Crippen LogP contribution in [0.15, 0.2) is 0 Å². The van der Waals surface area contributed by atoms with Crippen LogP contribution in [0.5, 0.6) is 0 Å². The Bertz CT molecular complexity index is 362. The molecule has 2 rings (SSSR count). The van der Waals surface area contributed by atoms with Gasteiger partial charge in [0.2, 0.25) is 5.91 Å². The van der Waals surface area contributed by atoms with Crippen LogP contribution in [0.3, 0.4) is 0 Å². The number of likely N-dealkylation sites (N-methyl/N-ethyl adjacent to an activating group) is 2. The number of likely N-dealkylation sites (tertiary alicyclic amines) is 1. The molecule has 1 heterocycles. The Labute approximate surface area is 129 Å². The van der Waals surface area contributed by atoms with Gasteiger partial charge in [-0.2, -0.15) is 0 Å². The van der Waals surface area contributed by atoms with Gasteiger partial charge in [-0.1, -0.05) is 13.3 Å². The number of nitrogens with two attached hydrogens (primary N) is 2. The zero-order valence-corrected chi connectivity index (χ0v) is 13.7. The van der Waals surface area contributed by atoms with Gasteiger partial charge in [0.1, 0.15) is 0 Å². The molecule has 2 fully saturated rings. The fourth-order valence-electron chi connectivity index (χ4n) is 4.17. The molecule has 0 aromatic heterocycles. The lowest BCUT2D eigenvalue weighted by molar-refractivity contribution is -0.124. The van der Waals surface area contributed by atoms with Crippen molar-refractivity contribution in [2.24, 2.45) is 17.4 Å². The second-order valence-corrected chi connectivity index (χ2v) is 6.97. The number of rotatable bonds is 7. The smallest absolute Gasteiger partial charge is 0.237 e. The Morgan fingerprint density at radius 3 is 2.81 bits per heavy atom. The van der Waals surface area contributed by atoms with Crippen molar-refractivity contribution in [3.63, 3.8) is 0 Å². The summed E-state index contributed by atoms with van der Waals surface area (Å²) in [5, 5.41) is 0. The zero-order chi connectivity index (χ0) is 15.5. The quantitative estimate of drug-likeness (QED) is 0.728. The van der Waals surface area contributed by atoms with E-state index in [1.807, 2.05) is 0 Å². The Hall–Kier alpha value is -0.650. The molecule has 21 heavy (non-hydrogen) atoms. The summed E-state index contributed by atoms with van der Waals surface area (Å²) < 4.78 is 0. The first-order chi connectivity index (χ1) is 9.97. The molecule has 0 aromatic carbocycles. The second-order valence-electron chi connectivity index (χ2n) is 6.97. The Morgan fingerprint density at radius 1 is 1.38 bits per heavy atom. The van der Waals surface area contributed by atoms with Crippen molar-refractivity contribution in [2.75, 3.05) is 33.2 Å². The summed E-state index contributed by atoms with van der Waals surface area (Å²) in [6.45, 7) is 6.76. The highest BCUT2D eigenvalue weighted by Gasteiger charge is 2.44. The second kappa shape index (κ2) is 7.07. The topological polar surface area (TPSA) is 75.6 Å². The molecule has 0 aromatic rings. The summed E-state index contributed by atoms with van der Waals surface area (Å²) in [5.41, 5.74) is 11.0. The summed E-state index contributed by atoms with van der Waals surface area (Å²) in [6, 6.07) is 0.697. The van der Waals surface area contributed by atoms with Crippen molar-refractivity contribution in [1.29, 1.82) is 0 Å². The normalized spacial score (nSPS) is 33.9. The molecule has 0 radical (unpaired) electrons. The summed E-state index contributed by atoms with van der Waals surface area (Å²) in [5.74, 6) is -0.0658. The van der Waals surface area contributed by atoms with Gasteiger partial charge < -0.3 is 16.4 Å². The number of carbonyl (C=O) groups excluding carboxylic acids is 1. The van der Waals surface area contributed by atoms with Crippen molar-refractivity contribution >= 4 is 5.91 Å². The number of hydrogen-bond donors (Lipinski definition) is 2. The minimum absolute atomic E-state index is 0.253. The fraction of sp³-hybridized carbons (Fsp3) is 0.938. The minimum atomic E-state index is -0.760. The monoisotopic (exact) mass is 296 g/mol. The molecule has 5 heteroatoms. The highest BCUT2D eigenvalue weighted by molar-refractivity contribution is 5.85. The maximum absolute atomic E-state index is 11.6. The first-order valence-corrected chi connectivity index (χ1v) is 8.48. The highest BCUT2D eigenvalue weighted by atomic mass is 16.1. The predicted octanol–water partition coefficient (Wildman–Crippen LogP) is 0.776. The largest absolute Gasteiger partial charge is 0.368 e. The van der Waals surface area contributed by atoms with E-state index >= 15 is 0 Å². The number of primary amides is 1. The van der Waals surface area contributed by atoms with E-state index in [1.54, 1.807) is 0 Å². The minimum Gasteiger partial charge on any atom is -0.368 e. The van der Waals surface area contributed by atoms with Crippen molar-refractivity contribution in [1.82, 2.24) is 9.80 Å². The molecule has 1 saturated heterocycles. The van der Waals surface area contributed by atoms with Crippen LogP contribution in [0.25, 0.3) is 0 Å². The van der Waals surface area contributed by atoms with Crippen LogP contribution in [-0.2, 0) is 4.79 Å². The number of nitrogens with zero attached hydrogens (tertiary/aromatic N) is 2. The Kier molecular flexibility index (Phi) is 5.63. The molecule has 5 nitrogen and oxygen atoms in total. The van der Waals surface area contributed by atoms with E-state index in [4.69, 9.17) is 11.5 Å². The molecule has 1 amide bonds. The van der Waals surface area contributed by atoms with Crippen LogP contribution in [0, 0.1) is 5.92 Å². The maximum Gasteiger partial charge on any atom is 0.237 e. The van der Waals surface area contributed by atoms with Crippen LogP contribution >= 0.6 is 0 Å². The standard InChI is InChI=1S/C16H32N4O/c1-3-20-10-5-7-14(20)12-19(2)11-8-13-6-4-9-16(13,18)15(17)21/h13-14H,3-12,18H2,1-2H3,(H2,17,21). The van der Waals surface area contributed by atoms with E-state index in [9.17, 15) is 4.79 Å². The Morgan fingerprint density at radius 2 is 2.14 bits per heavy atom. The van der Waals surface area contributed by atoms with Crippen LogP contribution in [0.1, 0.15) is 45.4 Å². The van der Waals surface area contributed by atoms with Gasteiger partial charge in [0, 0.05) is 12.6 Å². The number of carbonyl (C=O) groups is 1. The average Bonchev–Trinajstić information content (AvgIpc) is 3.03. The molecular formula is C16H32N4O. The van der Waals surface area contributed by atoms with Crippen molar-refractivity contribution in [3.05, 3.63) is 0 Å². The summed E-state index contributed by atoms with van der Waals surface area (Å²) >= 11 is 0. The van der Waals surface area contributed by atoms with E-state index in [-0.39, 0.29) is 11.8 Å². The van der Waals surface area contributed by atoms with E-state index < -0.39 is 5.54 Å². The van der Waals surface area contributed by atoms with Gasteiger partial charge in [0.15, 0.2) is 0 Å². The van der Waals surface area contributed by atoms with Crippen molar-refractivity contribution in [3.8, 4) is 0 Å². The lowest BCUT2D eigenvalue weighted by atomic mass is 9.85. The van der Waals surface area contributed by atoms with Gasteiger partial charge in [0.25, 0.3) is 0 Å². The molecule has 2 aliphatic rings. The van der Waals surface area contributed by atoms with Gasteiger partial charge in [-0.05, 0) is 64.7 Å². The van der Waals surface area contributed by atoms with E-state index in [0.29, 0.717) is 6.04 Å². The summed E-state index contributed by atoms with van der Waals surface area (Å²) in [6.07, 6.45) is 6.43. The highest BCUT2D eigenvalue weighted by Crippen LogP contribution is 2.36. The number of hydrogen-bond acceptors (Lipinski definition) is 4. The number of amides is 1. The summed E-state index contributed by atoms with van der Waals surface area (Å²) in [7, 11) is 2.18. The van der Waals surface area contributed by atoms with Crippen LogP contribution in [0.2, 0.25) is 0 Å². The van der Waals surface area contributed by atoms with Crippen molar-refractivity contribution in [2.45, 2.75) is 57.0 Å². The lowest BCUT2D eigenvalue weighted by Crippen LogP contribution is -2.55. The molecule has 1 aliphatic heterocycles. The average molecular weight is 296 g/mol. The predicted molar refractivity (Wildman–Crippen MR) is 85.8 cm³/mol. The first-order valence-electron chi connectivity index (χ1n) is 8.48. The third kappa shape index (κ3) is 3.76. The van der Waals surface area contributed by atoms with Crippen LogP contribution < -0.4 is 11.5 Å².